The van der Waals surface area contributed by atoms with Gasteiger partial charge < -0.3 is 10.2 Å². The van der Waals surface area contributed by atoms with Gasteiger partial charge in [-0.15, -0.1) is 11.8 Å². The van der Waals surface area contributed by atoms with Gasteiger partial charge in [0, 0.05) is 23.9 Å². The molecule has 1 saturated carbocycles. The van der Waals surface area contributed by atoms with Crippen LogP contribution in [0.1, 0.15) is 49.3 Å². The van der Waals surface area contributed by atoms with Crippen molar-refractivity contribution in [3.63, 3.8) is 0 Å². The molecule has 1 aliphatic carbocycles. The topological polar surface area (TPSA) is 49.4 Å². The van der Waals surface area contributed by atoms with Crippen LogP contribution in [0.15, 0.2) is 48.5 Å². The predicted octanol–water partition coefficient (Wildman–Crippen LogP) is 4.84. The summed E-state index contributed by atoms with van der Waals surface area (Å²) in [6.45, 7) is 3.85. The Labute approximate surface area is 188 Å². The van der Waals surface area contributed by atoms with Crippen molar-refractivity contribution in [1.29, 1.82) is 0 Å². The number of nitrogens with zero attached hydrogens (tertiary/aromatic N) is 1. The van der Waals surface area contributed by atoms with E-state index in [0.29, 0.717) is 11.3 Å². The van der Waals surface area contributed by atoms with Crippen molar-refractivity contribution in [1.82, 2.24) is 10.2 Å². The molecule has 1 aliphatic rings. The summed E-state index contributed by atoms with van der Waals surface area (Å²) in [7, 11) is 0. The molecule has 1 atom stereocenters. The molecule has 3 rings (SSSR count). The number of amides is 2. The van der Waals surface area contributed by atoms with Gasteiger partial charge >= 0.3 is 0 Å². The van der Waals surface area contributed by atoms with Crippen molar-refractivity contribution >= 4 is 23.6 Å². The van der Waals surface area contributed by atoms with Gasteiger partial charge in [0.05, 0.1) is 5.75 Å². The van der Waals surface area contributed by atoms with E-state index in [1.54, 1.807) is 25.1 Å². The van der Waals surface area contributed by atoms with E-state index in [1.165, 1.54) is 28.3 Å². The van der Waals surface area contributed by atoms with Crippen molar-refractivity contribution in [2.75, 3.05) is 5.75 Å². The number of hydrogen-bond acceptors (Lipinski definition) is 3. The molecule has 0 aliphatic heterocycles. The van der Waals surface area contributed by atoms with Crippen LogP contribution in [0.3, 0.4) is 0 Å². The second-order valence-electron chi connectivity index (χ2n) is 8.26. The molecule has 4 nitrogen and oxygen atoms in total. The highest BCUT2D eigenvalue weighted by Crippen LogP contribution is 2.20. The first-order valence-electron chi connectivity index (χ1n) is 10.9. The van der Waals surface area contributed by atoms with E-state index in [1.807, 2.05) is 6.92 Å². The Morgan fingerprint density at radius 1 is 1.13 bits per heavy atom. The zero-order valence-electron chi connectivity index (χ0n) is 18.3. The molecule has 166 valence electrons. The van der Waals surface area contributed by atoms with Gasteiger partial charge in [-0.05, 0) is 38.3 Å². The predicted molar refractivity (Wildman–Crippen MR) is 124 cm³/mol. The number of benzene rings is 2. The number of thioether (sulfide) groups is 1. The zero-order chi connectivity index (χ0) is 22.2. The molecule has 0 bridgehead atoms. The van der Waals surface area contributed by atoms with Crippen molar-refractivity contribution in [3.05, 3.63) is 71.0 Å². The minimum atomic E-state index is -0.660. The van der Waals surface area contributed by atoms with E-state index < -0.39 is 6.04 Å². The zero-order valence-corrected chi connectivity index (χ0v) is 19.1. The summed E-state index contributed by atoms with van der Waals surface area (Å²) in [5, 5.41) is 3.07. The van der Waals surface area contributed by atoms with Gasteiger partial charge in [-0.25, -0.2) is 4.39 Å². The molecular formula is C25H31FN2O2S. The van der Waals surface area contributed by atoms with E-state index in [4.69, 9.17) is 0 Å². The van der Waals surface area contributed by atoms with Gasteiger partial charge in [0.25, 0.3) is 0 Å². The summed E-state index contributed by atoms with van der Waals surface area (Å²) in [4.78, 5) is 27.4. The van der Waals surface area contributed by atoms with Crippen LogP contribution in [0.25, 0.3) is 0 Å². The summed E-state index contributed by atoms with van der Waals surface area (Å²) in [5.74, 6) is 0.261. The highest BCUT2D eigenvalue weighted by atomic mass is 32.2. The molecule has 2 aromatic carbocycles. The maximum Gasteiger partial charge on any atom is 0.242 e. The van der Waals surface area contributed by atoms with E-state index >= 15 is 0 Å². The first kappa shape index (κ1) is 23.3. The highest BCUT2D eigenvalue weighted by Gasteiger charge is 2.28. The van der Waals surface area contributed by atoms with Crippen LogP contribution in [-0.4, -0.2) is 34.6 Å². The van der Waals surface area contributed by atoms with E-state index in [9.17, 15) is 14.0 Å². The normalized spacial score (nSPS) is 14.9. The van der Waals surface area contributed by atoms with Crippen molar-refractivity contribution < 1.29 is 14.0 Å². The molecular weight excluding hydrogens is 411 g/mol. The van der Waals surface area contributed by atoms with Gasteiger partial charge in [0.1, 0.15) is 11.9 Å². The molecule has 1 unspecified atom stereocenters. The first-order chi connectivity index (χ1) is 14.9. The van der Waals surface area contributed by atoms with Crippen LogP contribution in [0.2, 0.25) is 0 Å². The molecule has 0 radical (unpaired) electrons. The van der Waals surface area contributed by atoms with E-state index in [2.05, 4.69) is 29.6 Å². The number of rotatable bonds is 9. The van der Waals surface area contributed by atoms with Crippen molar-refractivity contribution in [2.24, 2.45) is 0 Å². The monoisotopic (exact) mass is 442 g/mol. The van der Waals surface area contributed by atoms with Gasteiger partial charge in [-0.3, -0.25) is 9.59 Å². The molecule has 1 fully saturated rings. The van der Waals surface area contributed by atoms with Crippen LogP contribution in [0, 0.1) is 12.7 Å². The SMILES string of the molecule is Cc1ccc(CSCC(=O)N(Cc2ccccc2F)C(C)C(=O)NC2CCCC2)cc1. The molecule has 1 N–H and O–H groups in total. The van der Waals surface area contributed by atoms with E-state index in [-0.39, 0.29) is 36.0 Å². The molecule has 0 heterocycles. The summed E-state index contributed by atoms with van der Waals surface area (Å²) in [5.41, 5.74) is 2.76. The van der Waals surface area contributed by atoms with Crippen LogP contribution in [0.4, 0.5) is 4.39 Å². The molecule has 0 saturated heterocycles. The fourth-order valence-corrected chi connectivity index (χ4v) is 4.68. The fraction of sp³-hybridized carbons (Fsp3) is 0.440. The Morgan fingerprint density at radius 2 is 1.81 bits per heavy atom. The fourth-order valence-electron chi connectivity index (χ4n) is 3.81. The minimum Gasteiger partial charge on any atom is -0.352 e. The maximum absolute atomic E-state index is 14.3. The second-order valence-corrected chi connectivity index (χ2v) is 9.24. The maximum atomic E-state index is 14.3. The Morgan fingerprint density at radius 3 is 2.48 bits per heavy atom. The average Bonchev–Trinajstić information content (AvgIpc) is 3.27. The third-order valence-corrected chi connectivity index (χ3v) is 6.77. The molecule has 0 spiro atoms. The summed E-state index contributed by atoms with van der Waals surface area (Å²) < 4.78 is 14.3. The Kier molecular flexibility index (Phi) is 8.52. The van der Waals surface area contributed by atoms with Crippen LogP contribution in [-0.2, 0) is 21.9 Å². The lowest BCUT2D eigenvalue weighted by Crippen LogP contribution is -2.50. The lowest BCUT2D eigenvalue weighted by molar-refractivity contribution is -0.139. The summed E-state index contributed by atoms with van der Waals surface area (Å²) in [6, 6.07) is 14.2. The molecule has 6 heteroatoms. The average molecular weight is 443 g/mol. The second kappa shape index (κ2) is 11.3. The van der Waals surface area contributed by atoms with Crippen molar-refractivity contribution in [3.8, 4) is 0 Å². The minimum absolute atomic E-state index is 0.0792. The van der Waals surface area contributed by atoms with E-state index in [0.717, 1.165) is 31.2 Å². The number of carbonyl (C=O) groups is 2. The van der Waals surface area contributed by atoms with Crippen LogP contribution in [0.5, 0.6) is 0 Å². The Hall–Kier alpha value is -2.34. The first-order valence-corrected chi connectivity index (χ1v) is 12.1. The third-order valence-electron chi connectivity index (χ3n) is 5.78. The largest absolute Gasteiger partial charge is 0.352 e. The molecule has 0 aromatic heterocycles. The summed E-state index contributed by atoms with van der Waals surface area (Å²) >= 11 is 1.51. The number of halogens is 1. The van der Waals surface area contributed by atoms with Crippen LogP contribution < -0.4 is 5.32 Å². The van der Waals surface area contributed by atoms with Gasteiger partial charge in [-0.2, -0.15) is 0 Å². The highest BCUT2D eigenvalue weighted by molar-refractivity contribution is 7.99. The molecule has 31 heavy (non-hydrogen) atoms. The van der Waals surface area contributed by atoms with Gasteiger partial charge in [0.2, 0.25) is 11.8 Å². The molecule has 2 amide bonds. The lowest BCUT2D eigenvalue weighted by atomic mass is 10.1. The van der Waals surface area contributed by atoms with Gasteiger partial charge in [-0.1, -0.05) is 60.9 Å². The van der Waals surface area contributed by atoms with Gasteiger partial charge in [0.15, 0.2) is 0 Å². The summed E-state index contributed by atoms with van der Waals surface area (Å²) in [6.07, 6.45) is 4.19. The number of aryl methyl sites for hydroxylation is 1. The number of hydrogen-bond donors (Lipinski definition) is 1. The Balaban J connectivity index is 1.66. The molecule has 2 aromatic rings. The quantitative estimate of drug-likeness (QED) is 0.604. The lowest BCUT2D eigenvalue weighted by Gasteiger charge is -2.29. The number of nitrogens with one attached hydrogen (secondary N) is 1. The number of carbonyl (C=O) groups excluding carboxylic acids is 2. The van der Waals surface area contributed by atoms with Crippen molar-refractivity contribution in [2.45, 2.75) is 63.9 Å². The standard InChI is InChI=1S/C25H31FN2O2S/c1-18-11-13-20(14-12-18)16-31-17-24(29)28(15-21-7-3-6-10-23(21)26)19(2)25(30)27-22-8-4-5-9-22/h3,6-7,10-14,19,22H,4-5,8-9,15-17H2,1-2H3,(H,27,30). The third kappa shape index (κ3) is 6.82. The smallest absolute Gasteiger partial charge is 0.242 e. The Bertz CT molecular complexity index is 881. The van der Waals surface area contributed by atoms with Crippen LogP contribution >= 0.6 is 11.8 Å².